The molecule has 3 N–H and O–H groups in total. The highest BCUT2D eigenvalue weighted by Crippen LogP contribution is 2.45. The number of aliphatic hydroxyl groups excluding tert-OH is 1. The van der Waals surface area contributed by atoms with Crippen LogP contribution in [0.1, 0.15) is 311 Å². The van der Waals surface area contributed by atoms with Gasteiger partial charge in [0.2, 0.25) is 0 Å². The minimum absolute atomic E-state index is 0.101. The third-order valence-corrected chi connectivity index (χ3v) is 16.4. The van der Waals surface area contributed by atoms with Gasteiger partial charge in [0.15, 0.2) is 12.2 Å². The number of ether oxygens (including phenoxy) is 4. The molecule has 486 valence electrons. The fourth-order valence-electron chi connectivity index (χ4n) is 9.35. The van der Waals surface area contributed by atoms with Crippen LogP contribution in [-0.4, -0.2) is 96.7 Å². The van der Waals surface area contributed by atoms with Gasteiger partial charge in [-0.2, -0.15) is 0 Å². The number of carbonyl (C=O) groups is 4. The van der Waals surface area contributed by atoms with Crippen molar-refractivity contribution in [1.29, 1.82) is 0 Å². The van der Waals surface area contributed by atoms with Gasteiger partial charge in [0.05, 0.1) is 26.4 Å². The smallest absolute Gasteiger partial charge is 0.462 e. The average molecular weight is 1210 g/mol. The Morgan fingerprint density at radius 1 is 0.329 bits per heavy atom. The summed E-state index contributed by atoms with van der Waals surface area (Å²) in [5, 5.41) is 10.5. The van der Waals surface area contributed by atoms with Crippen LogP contribution in [0.5, 0.6) is 0 Å². The standard InChI is InChI=1S/C63H122O17P2/c1-7-9-11-13-14-15-16-17-18-21-24-27-34-40-46-61(66)74-52-59(79-62(67)47-41-35-28-25-22-19-20-23-26-32-37-43-55(3)4)54-78-82(71,72)76-50-57(64)49-75-81(69,70)77-53-58(51-73-60(65)45-39-31-12-10-8-2)80-63(68)48-42-36-30-29-33-38-44-56(5)6/h55-59,64H,7-54H2,1-6H3,(H,69,70)(H,71,72)/t57-,58+,59+/m0/s1. The number of rotatable bonds is 62. The maximum atomic E-state index is 13.0. The van der Waals surface area contributed by atoms with Crippen LogP contribution < -0.4 is 0 Å². The van der Waals surface area contributed by atoms with E-state index in [1.807, 2.05) is 0 Å². The van der Waals surface area contributed by atoms with Crippen LogP contribution in [0.4, 0.5) is 0 Å². The molecule has 0 saturated heterocycles. The average Bonchev–Trinajstić information content (AvgIpc) is 3.44. The maximum absolute atomic E-state index is 13.0. The highest BCUT2D eigenvalue weighted by molar-refractivity contribution is 7.47. The Morgan fingerprint density at radius 3 is 0.829 bits per heavy atom. The summed E-state index contributed by atoms with van der Waals surface area (Å²) in [5.74, 6) is -0.714. The van der Waals surface area contributed by atoms with Crippen LogP contribution in [0.2, 0.25) is 0 Å². The minimum Gasteiger partial charge on any atom is -0.462 e. The topological polar surface area (TPSA) is 237 Å². The zero-order chi connectivity index (χ0) is 60.8. The lowest BCUT2D eigenvalue weighted by molar-refractivity contribution is -0.161. The van der Waals surface area contributed by atoms with Gasteiger partial charge >= 0.3 is 39.5 Å². The summed E-state index contributed by atoms with van der Waals surface area (Å²) in [6.07, 6.45) is 38.1. The highest BCUT2D eigenvalue weighted by atomic mass is 31.2. The molecule has 5 atom stereocenters. The van der Waals surface area contributed by atoms with Crippen molar-refractivity contribution in [2.45, 2.75) is 330 Å². The Balaban J connectivity index is 5.17. The molecule has 0 fully saturated rings. The number of carbonyl (C=O) groups excluding carboxylic acids is 4. The third kappa shape index (κ3) is 57.2. The van der Waals surface area contributed by atoms with E-state index in [-0.39, 0.29) is 25.7 Å². The second-order valence-electron chi connectivity index (χ2n) is 23.7. The predicted molar refractivity (Wildman–Crippen MR) is 326 cm³/mol. The van der Waals surface area contributed by atoms with Crippen molar-refractivity contribution in [3.8, 4) is 0 Å². The Hall–Kier alpha value is -1.94. The highest BCUT2D eigenvalue weighted by Gasteiger charge is 2.30. The summed E-state index contributed by atoms with van der Waals surface area (Å²) in [6, 6.07) is 0. The molecule has 0 aromatic rings. The molecule has 82 heavy (non-hydrogen) atoms. The summed E-state index contributed by atoms with van der Waals surface area (Å²) in [4.78, 5) is 71.9. The lowest BCUT2D eigenvalue weighted by Crippen LogP contribution is -2.30. The van der Waals surface area contributed by atoms with Gasteiger partial charge in [-0.15, -0.1) is 0 Å². The summed E-state index contributed by atoms with van der Waals surface area (Å²) < 4.78 is 67.7. The number of phosphoric ester groups is 2. The predicted octanol–water partition coefficient (Wildman–Crippen LogP) is 17.3. The first kappa shape index (κ1) is 80.1. The van der Waals surface area contributed by atoms with Crippen molar-refractivity contribution in [2.24, 2.45) is 11.8 Å². The van der Waals surface area contributed by atoms with Crippen LogP contribution in [0.25, 0.3) is 0 Å². The molecule has 2 unspecified atom stereocenters. The molecule has 0 aliphatic carbocycles. The zero-order valence-electron chi connectivity index (χ0n) is 52.8. The molecule has 0 saturated carbocycles. The van der Waals surface area contributed by atoms with Crippen LogP contribution in [0.3, 0.4) is 0 Å². The molecule has 19 heteroatoms. The number of esters is 4. The lowest BCUT2D eigenvalue weighted by Gasteiger charge is -2.21. The van der Waals surface area contributed by atoms with E-state index in [0.717, 1.165) is 102 Å². The summed E-state index contributed by atoms with van der Waals surface area (Å²) in [7, 11) is -9.88. The van der Waals surface area contributed by atoms with Gasteiger partial charge < -0.3 is 33.8 Å². The first-order valence-corrected chi connectivity index (χ1v) is 36.0. The van der Waals surface area contributed by atoms with Gasteiger partial charge in [0.1, 0.15) is 19.3 Å². The van der Waals surface area contributed by atoms with E-state index in [4.69, 9.17) is 37.0 Å². The molecular formula is C63H122O17P2. The molecular weight excluding hydrogens is 1090 g/mol. The lowest BCUT2D eigenvalue weighted by atomic mass is 10.0. The number of aliphatic hydroxyl groups is 1. The monoisotopic (exact) mass is 1210 g/mol. The fourth-order valence-corrected chi connectivity index (χ4v) is 10.9. The van der Waals surface area contributed by atoms with E-state index in [1.54, 1.807) is 0 Å². The number of hydrogen-bond acceptors (Lipinski definition) is 15. The van der Waals surface area contributed by atoms with Crippen LogP contribution >= 0.6 is 15.6 Å². The van der Waals surface area contributed by atoms with E-state index in [1.165, 1.54) is 122 Å². The molecule has 0 rings (SSSR count). The zero-order valence-corrected chi connectivity index (χ0v) is 54.6. The van der Waals surface area contributed by atoms with Gasteiger partial charge in [0, 0.05) is 25.7 Å². The number of unbranched alkanes of at least 4 members (excludes halogenated alkanes) is 32. The Bertz CT molecular complexity index is 1620. The quantitative estimate of drug-likeness (QED) is 0.0222. The molecule has 0 bridgehead atoms. The molecule has 0 aliphatic heterocycles. The van der Waals surface area contributed by atoms with Crippen molar-refractivity contribution in [3.63, 3.8) is 0 Å². The summed E-state index contributed by atoms with van der Waals surface area (Å²) in [6.45, 7) is 9.31. The molecule has 0 aromatic heterocycles. The van der Waals surface area contributed by atoms with Gasteiger partial charge in [-0.1, -0.05) is 260 Å². The first-order chi connectivity index (χ1) is 39.4. The van der Waals surface area contributed by atoms with Crippen molar-refractivity contribution in [3.05, 3.63) is 0 Å². The minimum atomic E-state index is -4.94. The van der Waals surface area contributed by atoms with E-state index < -0.39 is 97.5 Å². The number of phosphoric acid groups is 2. The molecule has 17 nitrogen and oxygen atoms in total. The van der Waals surface area contributed by atoms with Crippen LogP contribution in [0, 0.1) is 11.8 Å². The van der Waals surface area contributed by atoms with Gasteiger partial charge in [-0.3, -0.25) is 37.3 Å². The van der Waals surface area contributed by atoms with Crippen molar-refractivity contribution in [1.82, 2.24) is 0 Å². The molecule has 0 spiro atoms. The normalized spacial score (nSPS) is 14.3. The Kier molecular flexibility index (Phi) is 54.3. The van der Waals surface area contributed by atoms with E-state index >= 15 is 0 Å². The molecule has 0 aromatic carbocycles. The van der Waals surface area contributed by atoms with E-state index in [0.29, 0.717) is 31.6 Å². The van der Waals surface area contributed by atoms with Gasteiger partial charge in [-0.05, 0) is 37.5 Å². The molecule has 0 amide bonds. The van der Waals surface area contributed by atoms with Gasteiger partial charge in [0.25, 0.3) is 0 Å². The Morgan fingerprint density at radius 2 is 0.561 bits per heavy atom. The van der Waals surface area contributed by atoms with E-state index in [9.17, 15) is 43.2 Å². The molecule has 0 radical (unpaired) electrons. The molecule has 0 heterocycles. The van der Waals surface area contributed by atoms with Crippen molar-refractivity contribution >= 4 is 39.5 Å². The maximum Gasteiger partial charge on any atom is 0.472 e. The second kappa shape index (κ2) is 55.6. The summed E-state index contributed by atoms with van der Waals surface area (Å²) in [5.41, 5.74) is 0. The SMILES string of the molecule is CCCCCCCCCCCCCCCCC(=O)OC[C@H](COP(=O)(O)OC[C@@H](O)COP(=O)(O)OC[C@@H](COC(=O)CCCCCCC)OC(=O)CCCCCCCCC(C)C)OC(=O)CCCCCCCCCCCCCC(C)C. The van der Waals surface area contributed by atoms with Crippen molar-refractivity contribution < 1.29 is 80.2 Å². The summed E-state index contributed by atoms with van der Waals surface area (Å²) >= 11 is 0. The van der Waals surface area contributed by atoms with Crippen LogP contribution in [-0.2, 0) is 65.4 Å². The van der Waals surface area contributed by atoms with Crippen molar-refractivity contribution in [2.75, 3.05) is 39.6 Å². The molecule has 0 aliphatic rings. The number of hydrogen-bond donors (Lipinski definition) is 3. The largest absolute Gasteiger partial charge is 0.472 e. The van der Waals surface area contributed by atoms with E-state index in [2.05, 4.69) is 41.5 Å². The third-order valence-electron chi connectivity index (χ3n) is 14.5. The second-order valence-corrected chi connectivity index (χ2v) is 26.7. The van der Waals surface area contributed by atoms with Gasteiger partial charge in [-0.25, -0.2) is 9.13 Å². The first-order valence-electron chi connectivity index (χ1n) is 33.0. The fraction of sp³-hybridized carbons (Fsp3) is 0.937. The Labute approximate surface area is 498 Å². The van der Waals surface area contributed by atoms with Crippen LogP contribution in [0.15, 0.2) is 0 Å².